The molecule has 0 unspecified atom stereocenters. The summed E-state index contributed by atoms with van der Waals surface area (Å²) in [6, 6.07) is 5.31. The Hall–Kier alpha value is -0.890. The molecule has 0 saturated heterocycles. The molecule has 0 atom stereocenters. The van der Waals surface area contributed by atoms with E-state index in [4.69, 9.17) is 0 Å². The van der Waals surface area contributed by atoms with Crippen LogP contribution in [0.15, 0.2) is 18.2 Å². The van der Waals surface area contributed by atoms with Gasteiger partial charge in [-0.3, -0.25) is 0 Å². The van der Waals surface area contributed by atoms with Crippen molar-refractivity contribution in [3.63, 3.8) is 0 Å². The van der Waals surface area contributed by atoms with Crippen LogP contribution < -0.4 is 0 Å². The second kappa shape index (κ2) is 5.11. The van der Waals surface area contributed by atoms with Crippen LogP contribution >= 0.6 is 0 Å². The lowest BCUT2D eigenvalue weighted by Gasteiger charge is -2.10. The highest BCUT2D eigenvalue weighted by molar-refractivity contribution is 5.27. The number of hydrogen-bond donors (Lipinski definition) is 0. The lowest BCUT2D eigenvalue weighted by atomic mass is 10.0. The number of nitrogens with zero attached hydrogens (tertiary/aromatic N) is 1. The number of hydrogen-bond acceptors (Lipinski definition) is 1. The van der Waals surface area contributed by atoms with Gasteiger partial charge in [0.1, 0.15) is 5.82 Å². The van der Waals surface area contributed by atoms with Crippen molar-refractivity contribution in [1.82, 2.24) is 4.90 Å². The largest absolute Gasteiger partial charge is 0.309 e. The van der Waals surface area contributed by atoms with E-state index >= 15 is 0 Å². The Morgan fingerprint density at radius 2 is 2.00 bits per heavy atom. The normalized spacial score (nSPS) is 10.9. The third kappa shape index (κ3) is 3.11. The highest BCUT2D eigenvalue weighted by atomic mass is 19.1. The predicted octanol–water partition coefficient (Wildman–Crippen LogP) is 2.63. The summed E-state index contributed by atoms with van der Waals surface area (Å²) in [5.74, 6) is -0.0904. The van der Waals surface area contributed by atoms with E-state index < -0.39 is 0 Å². The molecule has 0 spiro atoms. The molecule has 0 aromatic heterocycles. The SMILES string of the molecule is Cc1c(F)cccc1CCCN(C)C. The first-order chi connectivity index (χ1) is 6.61. The average molecular weight is 195 g/mol. The maximum atomic E-state index is 13.2. The van der Waals surface area contributed by atoms with Crippen LogP contribution in [0.4, 0.5) is 4.39 Å². The van der Waals surface area contributed by atoms with Crippen molar-refractivity contribution in [1.29, 1.82) is 0 Å². The molecule has 0 fully saturated rings. The molecule has 0 radical (unpaired) electrons. The highest BCUT2D eigenvalue weighted by Gasteiger charge is 2.02. The van der Waals surface area contributed by atoms with Crippen molar-refractivity contribution >= 4 is 0 Å². The molecule has 0 amide bonds. The van der Waals surface area contributed by atoms with Gasteiger partial charge >= 0.3 is 0 Å². The first-order valence-corrected chi connectivity index (χ1v) is 5.00. The number of rotatable bonds is 4. The van der Waals surface area contributed by atoms with Crippen molar-refractivity contribution in [3.05, 3.63) is 35.1 Å². The molecular weight excluding hydrogens is 177 g/mol. The zero-order valence-corrected chi connectivity index (χ0v) is 9.18. The second-order valence-electron chi connectivity index (χ2n) is 3.93. The Bertz CT molecular complexity index is 294. The Balaban J connectivity index is 2.54. The van der Waals surface area contributed by atoms with Crippen molar-refractivity contribution in [2.75, 3.05) is 20.6 Å². The van der Waals surface area contributed by atoms with Crippen LogP contribution in [0.5, 0.6) is 0 Å². The molecule has 1 nitrogen and oxygen atoms in total. The molecule has 1 rings (SSSR count). The summed E-state index contributed by atoms with van der Waals surface area (Å²) < 4.78 is 13.2. The van der Waals surface area contributed by atoms with Gasteiger partial charge in [-0.05, 0) is 57.6 Å². The quantitative estimate of drug-likeness (QED) is 0.714. The Labute approximate surface area is 85.5 Å². The van der Waals surface area contributed by atoms with Crippen LogP contribution in [0.25, 0.3) is 0 Å². The molecule has 0 saturated carbocycles. The van der Waals surface area contributed by atoms with Gasteiger partial charge in [0, 0.05) is 0 Å². The van der Waals surface area contributed by atoms with E-state index in [9.17, 15) is 4.39 Å². The van der Waals surface area contributed by atoms with Crippen LogP contribution in [-0.4, -0.2) is 25.5 Å². The lowest BCUT2D eigenvalue weighted by Crippen LogP contribution is -2.13. The van der Waals surface area contributed by atoms with E-state index in [1.807, 2.05) is 13.0 Å². The summed E-state index contributed by atoms with van der Waals surface area (Å²) in [5, 5.41) is 0. The molecule has 0 heterocycles. The molecular formula is C12H18FN. The summed E-state index contributed by atoms with van der Waals surface area (Å²) in [7, 11) is 4.11. The fraction of sp³-hybridized carbons (Fsp3) is 0.500. The minimum Gasteiger partial charge on any atom is -0.309 e. The smallest absolute Gasteiger partial charge is 0.126 e. The molecule has 0 N–H and O–H groups in total. The van der Waals surface area contributed by atoms with Gasteiger partial charge < -0.3 is 4.90 Å². The van der Waals surface area contributed by atoms with E-state index in [1.165, 1.54) is 6.07 Å². The van der Waals surface area contributed by atoms with E-state index in [0.29, 0.717) is 0 Å². The molecule has 0 aliphatic carbocycles. The van der Waals surface area contributed by atoms with E-state index in [1.54, 1.807) is 6.07 Å². The monoisotopic (exact) mass is 195 g/mol. The summed E-state index contributed by atoms with van der Waals surface area (Å²) in [5.41, 5.74) is 1.93. The van der Waals surface area contributed by atoms with Crippen molar-refractivity contribution in [2.24, 2.45) is 0 Å². The molecule has 0 bridgehead atoms. The average Bonchev–Trinajstić information content (AvgIpc) is 2.12. The summed E-state index contributed by atoms with van der Waals surface area (Å²) in [6.07, 6.45) is 2.04. The van der Waals surface area contributed by atoms with E-state index in [0.717, 1.165) is 30.5 Å². The minimum absolute atomic E-state index is 0.0904. The number of aryl methyl sites for hydroxylation is 1. The minimum atomic E-state index is -0.0904. The lowest BCUT2D eigenvalue weighted by molar-refractivity contribution is 0.400. The molecule has 14 heavy (non-hydrogen) atoms. The Morgan fingerprint density at radius 3 is 2.64 bits per heavy atom. The molecule has 78 valence electrons. The van der Waals surface area contributed by atoms with Gasteiger partial charge in [0.2, 0.25) is 0 Å². The second-order valence-corrected chi connectivity index (χ2v) is 3.93. The third-order valence-electron chi connectivity index (χ3n) is 2.43. The summed E-state index contributed by atoms with van der Waals surface area (Å²) in [6.45, 7) is 2.90. The number of benzene rings is 1. The Morgan fingerprint density at radius 1 is 1.29 bits per heavy atom. The van der Waals surface area contributed by atoms with E-state index in [2.05, 4.69) is 19.0 Å². The fourth-order valence-electron chi connectivity index (χ4n) is 1.51. The van der Waals surface area contributed by atoms with Crippen LogP contribution in [0.2, 0.25) is 0 Å². The first kappa shape index (κ1) is 11.2. The van der Waals surface area contributed by atoms with Crippen LogP contribution in [0.3, 0.4) is 0 Å². The van der Waals surface area contributed by atoms with Gasteiger partial charge in [-0.1, -0.05) is 12.1 Å². The van der Waals surface area contributed by atoms with E-state index in [-0.39, 0.29) is 5.82 Å². The maximum Gasteiger partial charge on any atom is 0.126 e. The van der Waals surface area contributed by atoms with Crippen LogP contribution in [0, 0.1) is 12.7 Å². The molecule has 1 aromatic rings. The van der Waals surface area contributed by atoms with Crippen molar-refractivity contribution in [2.45, 2.75) is 19.8 Å². The van der Waals surface area contributed by atoms with Crippen molar-refractivity contribution in [3.8, 4) is 0 Å². The zero-order chi connectivity index (χ0) is 10.6. The fourth-order valence-corrected chi connectivity index (χ4v) is 1.51. The molecule has 0 aliphatic heterocycles. The number of halogens is 1. The van der Waals surface area contributed by atoms with Crippen LogP contribution in [-0.2, 0) is 6.42 Å². The zero-order valence-electron chi connectivity index (χ0n) is 9.18. The molecule has 0 aliphatic rings. The van der Waals surface area contributed by atoms with Gasteiger partial charge in [0.05, 0.1) is 0 Å². The van der Waals surface area contributed by atoms with Crippen LogP contribution in [0.1, 0.15) is 17.5 Å². The molecule has 1 aromatic carbocycles. The van der Waals surface area contributed by atoms with Crippen molar-refractivity contribution < 1.29 is 4.39 Å². The Kier molecular flexibility index (Phi) is 4.08. The van der Waals surface area contributed by atoms with Gasteiger partial charge in [-0.2, -0.15) is 0 Å². The summed E-state index contributed by atoms with van der Waals surface area (Å²) >= 11 is 0. The highest BCUT2D eigenvalue weighted by Crippen LogP contribution is 2.13. The van der Waals surface area contributed by atoms with Gasteiger partial charge in [0.15, 0.2) is 0 Å². The summed E-state index contributed by atoms with van der Waals surface area (Å²) in [4.78, 5) is 2.15. The van der Waals surface area contributed by atoms with Gasteiger partial charge in [-0.25, -0.2) is 4.39 Å². The van der Waals surface area contributed by atoms with Gasteiger partial charge in [-0.15, -0.1) is 0 Å². The predicted molar refractivity (Wildman–Crippen MR) is 58.0 cm³/mol. The first-order valence-electron chi connectivity index (χ1n) is 5.00. The van der Waals surface area contributed by atoms with Gasteiger partial charge in [0.25, 0.3) is 0 Å². The maximum absolute atomic E-state index is 13.2. The standard InChI is InChI=1S/C12H18FN/c1-10-11(6-4-8-12(10)13)7-5-9-14(2)3/h4,6,8H,5,7,9H2,1-3H3. The topological polar surface area (TPSA) is 3.24 Å². The molecule has 2 heteroatoms. The third-order valence-corrected chi connectivity index (χ3v) is 2.43.